The van der Waals surface area contributed by atoms with Crippen molar-refractivity contribution in [2.75, 3.05) is 0 Å². The summed E-state index contributed by atoms with van der Waals surface area (Å²) < 4.78 is 58.9. The average Bonchev–Trinajstić information content (AvgIpc) is 2.70. The summed E-state index contributed by atoms with van der Waals surface area (Å²) in [5.41, 5.74) is -3.87. The van der Waals surface area contributed by atoms with Crippen LogP contribution >= 0.6 is 11.6 Å². The van der Waals surface area contributed by atoms with Gasteiger partial charge < -0.3 is 4.74 Å². The molecular weight excluding hydrogens is 446 g/mol. The molecule has 1 aromatic carbocycles. The van der Waals surface area contributed by atoms with Crippen LogP contribution in [0.1, 0.15) is 22.5 Å². The van der Waals surface area contributed by atoms with Gasteiger partial charge in [-0.25, -0.2) is 14.5 Å². The molecule has 0 radical (unpaired) electrons. The number of ether oxygens (including phenoxy) is 1. The van der Waals surface area contributed by atoms with Crippen molar-refractivity contribution in [1.29, 1.82) is 5.26 Å². The summed E-state index contributed by atoms with van der Waals surface area (Å²) in [6, 6.07) is 6.30. The molecule has 0 unspecified atom stereocenters. The molecule has 1 N–H and O–H groups in total. The van der Waals surface area contributed by atoms with Gasteiger partial charge in [0.1, 0.15) is 12.4 Å². The Kier molecular flexibility index (Phi) is 6.07. The van der Waals surface area contributed by atoms with Gasteiger partial charge in [-0.2, -0.15) is 23.5 Å². The van der Waals surface area contributed by atoms with Gasteiger partial charge in [0.2, 0.25) is 5.75 Å². The van der Waals surface area contributed by atoms with E-state index in [1.807, 2.05) is 5.10 Å². The molecule has 2 aromatic heterocycles. The van der Waals surface area contributed by atoms with Crippen LogP contribution in [0.2, 0.25) is 5.02 Å². The van der Waals surface area contributed by atoms with E-state index in [1.54, 1.807) is 6.07 Å². The first kappa shape index (κ1) is 22.0. The number of benzene rings is 1. The Morgan fingerprint density at radius 1 is 1.23 bits per heavy atom. The van der Waals surface area contributed by atoms with Crippen LogP contribution in [0.25, 0.3) is 0 Å². The molecule has 0 saturated heterocycles. The minimum absolute atomic E-state index is 0.00279. The quantitative estimate of drug-likeness (QED) is 0.591. The third-order valence-corrected chi connectivity index (χ3v) is 4.11. The van der Waals surface area contributed by atoms with E-state index < -0.39 is 42.0 Å². The lowest BCUT2D eigenvalue weighted by Gasteiger charge is -2.14. The van der Waals surface area contributed by atoms with E-state index in [9.17, 15) is 27.2 Å². The zero-order valence-electron chi connectivity index (χ0n) is 15.2. The first-order valence-electron chi connectivity index (χ1n) is 8.31. The lowest BCUT2D eigenvalue weighted by atomic mass is 10.2. The number of H-pyrrole nitrogens is 1. The number of hydrogen-bond acceptors (Lipinski definition) is 6. The maximum atomic E-state index is 13.4. The summed E-state index contributed by atoms with van der Waals surface area (Å²) in [5, 5.41) is 14.6. The predicted octanol–water partition coefficient (Wildman–Crippen LogP) is 3.18. The molecule has 0 spiro atoms. The summed E-state index contributed by atoms with van der Waals surface area (Å²) in [6.07, 6.45) is -4.40. The van der Waals surface area contributed by atoms with Crippen molar-refractivity contribution in [1.82, 2.24) is 19.7 Å². The van der Waals surface area contributed by atoms with E-state index in [-0.39, 0.29) is 27.6 Å². The van der Waals surface area contributed by atoms with Crippen molar-refractivity contribution in [2.45, 2.75) is 19.4 Å². The summed E-state index contributed by atoms with van der Waals surface area (Å²) in [6.45, 7) is -1.53. The van der Waals surface area contributed by atoms with Gasteiger partial charge >= 0.3 is 6.18 Å². The summed E-state index contributed by atoms with van der Waals surface area (Å²) in [5.74, 6) is -1.44. The molecule has 0 saturated carbocycles. The molecule has 2 heterocycles. The Morgan fingerprint density at radius 3 is 2.61 bits per heavy atom. The Morgan fingerprint density at radius 2 is 1.97 bits per heavy atom. The van der Waals surface area contributed by atoms with Crippen LogP contribution < -0.4 is 15.9 Å². The van der Waals surface area contributed by atoms with E-state index in [0.717, 1.165) is 22.8 Å². The molecule has 3 rings (SSSR count). The van der Waals surface area contributed by atoms with Gasteiger partial charge in [-0.15, -0.1) is 0 Å². The Hall–Kier alpha value is -3.72. The SMILES string of the molecule is N#Cc1cc(Cl)cc(Oc2c(C(F)(F)F)ncn(Cc3cc(CF)c(=O)[nH]n3)c2=O)c1. The number of nitrogens with one attached hydrogen (secondary N) is 1. The topological polar surface area (TPSA) is 114 Å². The molecular formula is C18H10ClF4N5O3. The molecule has 3 aromatic rings. The van der Waals surface area contributed by atoms with Crippen molar-refractivity contribution in [3.63, 3.8) is 0 Å². The average molecular weight is 456 g/mol. The molecule has 13 heteroatoms. The molecule has 0 bridgehead atoms. The highest BCUT2D eigenvalue weighted by molar-refractivity contribution is 6.30. The maximum Gasteiger partial charge on any atom is 0.437 e. The van der Waals surface area contributed by atoms with Gasteiger partial charge in [-0.3, -0.25) is 14.2 Å². The Balaban J connectivity index is 2.09. The number of rotatable bonds is 5. The Bertz CT molecular complexity index is 1300. The Labute approximate surface area is 175 Å². The van der Waals surface area contributed by atoms with Gasteiger partial charge in [-0.1, -0.05) is 11.6 Å². The van der Waals surface area contributed by atoms with Crippen molar-refractivity contribution >= 4 is 11.6 Å². The molecule has 160 valence electrons. The largest absolute Gasteiger partial charge is 0.449 e. The highest BCUT2D eigenvalue weighted by Crippen LogP contribution is 2.35. The van der Waals surface area contributed by atoms with E-state index in [4.69, 9.17) is 21.6 Å². The van der Waals surface area contributed by atoms with Gasteiger partial charge in [0.15, 0.2) is 5.69 Å². The highest BCUT2D eigenvalue weighted by atomic mass is 35.5. The van der Waals surface area contributed by atoms with Crippen molar-refractivity contribution < 1.29 is 22.3 Å². The fourth-order valence-corrected chi connectivity index (χ4v) is 2.75. The van der Waals surface area contributed by atoms with E-state index in [0.29, 0.717) is 6.33 Å². The number of halogens is 5. The lowest BCUT2D eigenvalue weighted by Crippen LogP contribution is -2.27. The van der Waals surface area contributed by atoms with Gasteiger partial charge in [-0.05, 0) is 24.3 Å². The number of alkyl halides is 4. The van der Waals surface area contributed by atoms with Crippen molar-refractivity contribution in [3.05, 3.63) is 78.8 Å². The number of aromatic nitrogens is 4. The lowest BCUT2D eigenvalue weighted by molar-refractivity contribution is -0.142. The molecule has 0 aliphatic heterocycles. The second-order valence-electron chi connectivity index (χ2n) is 6.09. The van der Waals surface area contributed by atoms with Gasteiger partial charge in [0, 0.05) is 5.02 Å². The van der Waals surface area contributed by atoms with Gasteiger partial charge in [0.25, 0.3) is 11.1 Å². The monoisotopic (exact) mass is 455 g/mol. The third kappa shape index (κ3) is 4.89. The smallest absolute Gasteiger partial charge is 0.437 e. The first-order chi connectivity index (χ1) is 14.6. The highest BCUT2D eigenvalue weighted by Gasteiger charge is 2.38. The zero-order chi connectivity index (χ0) is 22.8. The second kappa shape index (κ2) is 8.57. The minimum atomic E-state index is -5.03. The van der Waals surface area contributed by atoms with Crippen LogP contribution in [0.15, 0.2) is 40.2 Å². The van der Waals surface area contributed by atoms with Crippen LogP contribution in [0.4, 0.5) is 17.6 Å². The van der Waals surface area contributed by atoms with E-state index in [1.165, 1.54) is 6.07 Å². The summed E-state index contributed by atoms with van der Waals surface area (Å²) in [4.78, 5) is 27.4. The molecule has 0 fully saturated rings. The molecule has 0 atom stereocenters. The van der Waals surface area contributed by atoms with Crippen LogP contribution in [0.3, 0.4) is 0 Å². The number of hydrogen-bond donors (Lipinski definition) is 1. The summed E-state index contributed by atoms with van der Waals surface area (Å²) >= 11 is 5.82. The van der Waals surface area contributed by atoms with Crippen LogP contribution in [-0.2, 0) is 19.4 Å². The fraction of sp³-hybridized carbons (Fsp3) is 0.167. The zero-order valence-corrected chi connectivity index (χ0v) is 16.0. The molecule has 31 heavy (non-hydrogen) atoms. The molecule has 0 aliphatic carbocycles. The van der Waals surface area contributed by atoms with Crippen LogP contribution in [0, 0.1) is 11.3 Å². The molecule has 0 amide bonds. The fourth-order valence-electron chi connectivity index (χ4n) is 2.53. The number of aromatic amines is 1. The van der Waals surface area contributed by atoms with E-state index in [2.05, 4.69) is 10.1 Å². The number of nitrogens with zero attached hydrogens (tertiary/aromatic N) is 4. The van der Waals surface area contributed by atoms with Crippen LogP contribution in [-0.4, -0.2) is 19.7 Å². The maximum absolute atomic E-state index is 13.4. The first-order valence-corrected chi connectivity index (χ1v) is 8.68. The molecule has 8 nitrogen and oxygen atoms in total. The standard InChI is InChI=1S/C18H10ClF4N5O3/c19-11-1-9(6-24)2-13(4-11)31-14-15(18(21,22)23)25-8-28(17(14)30)7-12-3-10(5-20)16(29)27-26-12/h1-4,8H,5,7H2,(H,27,29). The minimum Gasteiger partial charge on any atom is -0.449 e. The molecule has 0 aliphatic rings. The number of nitriles is 1. The normalized spacial score (nSPS) is 11.2. The van der Waals surface area contributed by atoms with Gasteiger partial charge in [0.05, 0.1) is 35.8 Å². The van der Waals surface area contributed by atoms with Crippen molar-refractivity contribution in [3.8, 4) is 17.6 Å². The summed E-state index contributed by atoms with van der Waals surface area (Å²) in [7, 11) is 0. The van der Waals surface area contributed by atoms with Crippen LogP contribution in [0.5, 0.6) is 11.5 Å². The predicted molar refractivity (Wildman–Crippen MR) is 98.5 cm³/mol. The van der Waals surface area contributed by atoms with Crippen molar-refractivity contribution in [2.24, 2.45) is 0 Å². The second-order valence-corrected chi connectivity index (χ2v) is 6.53. The third-order valence-electron chi connectivity index (χ3n) is 3.90. The van der Waals surface area contributed by atoms with E-state index >= 15 is 0 Å².